The van der Waals surface area contributed by atoms with E-state index in [0.717, 1.165) is 31.5 Å². The predicted molar refractivity (Wildman–Crippen MR) is 118 cm³/mol. The highest BCUT2D eigenvalue weighted by Gasteiger charge is 2.21. The van der Waals surface area contributed by atoms with E-state index in [9.17, 15) is 4.79 Å². The fourth-order valence-corrected chi connectivity index (χ4v) is 3.66. The van der Waals surface area contributed by atoms with Crippen LogP contribution < -0.4 is 0 Å². The van der Waals surface area contributed by atoms with E-state index in [0.29, 0.717) is 5.91 Å². The third-order valence-electron chi connectivity index (χ3n) is 5.54. The Kier molecular flexibility index (Phi) is 13.8. The van der Waals surface area contributed by atoms with Gasteiger partial charge in [-0.3, -0.25) is 4.79 Å². The second kappa shape index (κ2) is 15.7. The lowest BCUT2D eigenvalue weighted by Gasteiger charge is -2.26. The van der Waals surface area contributed by atoms with Gasteiger partial charge in [0, 0.05) is 13.1 Å². The topological polar surface area (TPSA) is 20.3 Å². The zero-order chi connectivity index (χ0) is 19.7. The number of benzene rings is 1. The van der Waals surface area contributed by atoms with Crippen molar-refractivity contribution in [3.8, 4) is 0 Å². The lowest BCUT2D eigenvalue weighted by molar-refractivity contribution is -0.132. The van der Waals surface area contributed by atoms with E-state index >= 15 is 0 Å². The average molecular weight is 374 g/mol. The Bertz CT molecular complexity index is 454. The number of amides is 1. The summed E-state index contributed by atoms with van der Waals surface area (Å²) in [5, 5.41) is 0. The molecule has 1 rings (SSSR count). The van der Waals surface area contributed by atoms with Crippen LogP contribution in [0.15, 0.2) is 30.3 Å². The maximum atomic E-state index is 13.1. The molecule has 0 saturated heterocycles. The summed E-state index contributed by atoms with van der Waals surface area (Å²) in [7, 11) is 0. The summed E-state index contributed by atoms with van der Waals surface area (Å²) >= 11 is 0. The lowest BCUT2D eigenvalue weighted by Crippen LogP contribution is -2.36. The second-order valence-electron chi connectivity index (χ2n) is 7.99. The lowest BCUT2D eigenvalue weighted by atomic mass is 9.99. The average Bonchev–Trinajstić information content (AvgIpc) is 2.71. The number of carbonyl (C=O) groups excluding carboxylic acids is 1. The zero-order valence-electron chi connectivity index (χ0n) is 18.2. The van der Waals surface area contributed by atoms with Gasteiger partial charge in [-0.1, -0.05) is 108 Å². The van der Waals surface area contributed by atoms with Crippen molar-refractivity contribution in [3.05, 3.63) is 35.9 Å². The first kappa shape index (κ1) is 23.7. The van der Waals surface area contributed by atoms with Crippen molar-refractivity contribution < 1.29 is 4.79 Å². The van der Waals surface area contributed by atoms with E-state index in [1.54, 1.807) is 0 Å². The van der Waals surface area contributed by atoms with Crippen LogP contribution >= 0.6 is 0 Å². The van der Waals surface area contributed by atoms with Gasteiger partial charge < -0.3 is 4.90 Å². The van der Waals surface area contributed by atoms with E-state index in [1.807, 2.05) is 18.2 Å². The number of hydrogen-bond donors (Lipinski definition) is 0. The highest BCUT2D eigenvalue weighted by Crippen LogP contribution is 2.19. The molecule has 0 radical (unpaired) electrons. The SMILES string of the molecule is CCCCCCCCN(CCCCCCCC)C(=O)C(C)c1ccccc1. The van der Waals surface area contributed by atoms with E-state index in [4.69, 9.17) is 0 Å². The molecule has 0 bridgehead atoms. The first-order valence-electron chi connectivity index (χ1n) is 11.5. The summed E-state index contributed by atoms with van der Waals surface area (Å²) in [4.78, 5) is 15.3. The molecule has 1 amide bonds. The van der Waals surface area contributed by atoms with Gasteiger partial charge in [0.15, 0.2) is 0 Å². The highest BCUT2D eigenvalue weighted by molar-refractivity contribution is 5.83. The molecule has 0 aliphatic carbocycles. The van der Waals surface area contributed by atoms with Crippen molar-refractivity contribution in [1.82, 2.24) is 4.90 Å². The van der Waals surface area contributed by atoms with Crippen LogP contribution in [-0.4, -0.2) is 23.9 Å². The smallest absolute Gasteiger partial charge is 0.229 e. The van der Waals surface area contributed by atoms with Crippen molar-refractivity contribution in [1.29, 1.82) is 0 Å². The molecule has 0 N–H and O–H groups in total. The van der Waals surface area contributed by atoms with Crippen molar-refractivity contribution in [2.45, 2.75) is 104 Å². The molecule has 0 spiro atoms. The van der Waals surface area contributed by atoms with Gasteiger partial charge in [-0.15, -0.1) is 0 Å². The van der Waals surface area contributed by atoms with Crippen LogP contribution in [0.1, 0.15) is 109 Å². The van der Waals surface area contributed by atoms with Crippen LogP contribution in [0.3, 0.4) is 0 Å². The third-order valence-corrected chi connectivity index (χ3v) is 5.54. The Morgan fingerprint density at radius 1 is 0.741 bits per heavy atom. The molecule has 27 heavy (non-hydrogen) atoms. The zero-order valence-corrected chi connectivity index (χ0v) is 18.2. The summed E-state index contributed by atoms with van der Waals surface area (Å²) < 4.78 is 0. The number of rotatable bonds is 16. The number of carbonyl (C=O) groups is 1. The first-order chi connectivity index (χ1) is 13.2. The quantitative estimate of drug-likeness (QED) is 0.278. The Morgan fingerprint density at radius 2 is 1.19 bits per heavy atom. The van der Waals surface area contributed by atoms with Crippen molar-refractivity contribution >= 4 is 5.91 Å². The van der Waals surface area contributed by atoms with Crippen LogP contribution in [0.25, 0.3) is 0 Å². The molecule has 0 fully saturated rings. The Labute approximate surface area is 168 Å². The molecule has 0 aromatic heterocycles. The van der Waals surface area contributed by atoms with E-state index < -0.39 is 0 Å². The number of nitrogens with zero attached hydrogens (tertiary/aromatic N) is 1. The van der Waals surface area contributed by atoms with Gasteiger partial charge in [-0.2, -0.15) is 0 Å². The van der Waals surface area contributed by atoms with Gasteiger partial charge in [-0.25, -0.2) is 0 Å². The third kappa shape index (κ3) is 10.6. The molecule has 1 atom stereocenters. The molecular weight excluding hydrogens is 330 g/mol. The molecule has 0 aliphatic rings. The number of unbranched alkanes of at least 4 members (excludes halogenated alkanes) is 10. The predicted octanol–water partition coefficient (Wildman–Crippen LogP) is 7.34. The Balaban J connectivity index is 2.48. The van der Waals surface area contributed by atoms with Gasteiger partial charge in [0.25, 0.3) is 0 Å². The Morgan fingerprint density at radius 3 is 1.67 bits per heavy atom. The van der Waals surface area contributed by atoms with Crippen molar-refractivity contribution in [2.24, 2.45) is 0 Å². The molecular formula is C25H43NO. The minimum Gasteiger partial charge on any atom is -0.342 e. The van der Waals surface area contributed by atoms with Crippen molar-refractivity contribution in [2.75, 3.05) is 13.1 Å². The normalized spacial score (nSPS) is 12.1. The highest BCUT2D eigenvalue weighted by atomic mass is 16.2. The van der Waals surface area contributed by atoms with Crippen LogP contribution in [-0.2, 0) is 4.79 Å². The Hall–Kier alpha value is -1.31. The summed E-state index contributed by atoms with van der Waals surface area (Å²) in [5.41, 5.74) is 1.14. The minimum absolute atomic E-state index is 0.0358. The molecule has 1 aromatic carbocycles. The molecule has 154 valence electrons. The molecule has 1 unspecified atom stereocenters. The fraction of sp³-hybridized carbons (Fsp3) is 0.720. The molecule has 2 heteroatoms. The monoisotopic (exact) mass is 373 g/mol. The van der Waals surface area contributed by atoms with Gasteiger partial charge in [0.2, 0.25) is 5.91 Å². The molecule has 0 aliphatic heterocycles. The molecule has 1 aromatic rings. The standard InChI is InChI=1S/C25H43NO/c1-4-6-8-10-12-17-21-26(22-18-13-11-9-7-5-2)25(27)23(3)24-19-15-14-16-20-24/h14-16,19-20,23H,4-13,17-18,21-22H2,1-3H3. The summed E-state index contributed by atoms with van der Waals surface area (Å²) in [6.45, 7) is 8.43. The maximum Gasteiger partial charge on any atom is 0.229 e. The molecule has 2 nitrogen and oxygen atoms in total. The largest absolute Gasteiger partial charge is 0.342 e. The van der Waals surface area contributed by atoms with Crippen LogP contribution in [0.5, 0.6) is 0 Å². The fourth-order valence-electron chi connectivity index (χ4n) is 3.66. The van der Waals surface area contributed by atoms with Gasteiger partial charge in [0.05, 0.1) is 5.92 Å². The van der Waals surface area contributed by atoms with Crippen LogP contribution in [0.4, 0.5) is 0 Å². The van der Waals surface area contributed by atoms with Crippen LogP contribution in [0, 0.1) is 0 Å². The van der Waals surface area contributed by atoms with Gasteiger partial charge >= 0.3 is 0 Å². The first-order valence-corrected chi connectivity index (χ1v) is 11.5. The summed E-state index contributed by atoms with van der Waals surface area (Å²) in [5.74, 6) is 0.273. The summed E-state index contributed by atoms with van der Waals surface area (Å²) in [6.07, 6.45) is 15.3. The van der Waals surface area contributed by atoms with E-state index in [2.05, 4.69) is 37.8 Å². The second-order valence-corrected chi connectivity index (χ2v) is 7.99. The summed E-state index contributed by atoms with van der Waals surface area (Å²) in [6, 6.07) is 10.2. The van der Waals surface area contributed by atoms with Crippen molar-refractivity contribution in [3.63, 3.8) is 0 Å². The van der Waals surface area contributed by atoms with Gasteiger partial charge in [-0.05, 0) is 25.3 Å². The minimum atomic E-state index is -0.0358. The van der Waals surface area contributed by atoms with E-state index in [-0.39, 0.29) is 5.92 Å². The maximum absolute atomic E-state index is 13.1. The van der Waals surface area contributed by atoms with Crippen LogP contribution in [0.2, 0.25) is 0 Å². The number of hydrogen-bond acceptors (Lipinski definition) is 1. The molecule has 0 heterocycles. The molecule has 0 saturated carbocycles. The van der Waals surface area contributed by atoms with E-state index in [1.165, 1.54) is 64.2 Å². The van der Waals surface area contributed by atoms with Gasteiger partial charge in [0.1, 0.15) is 0 Å².